The molecule has 0 atom stereocenters. The summed E-state index contributed by atoms with van der Waals surface area (Å²) in [7, 11) is 0. The van der Waals surface area contributed by atoms with Crippen LogP contribution in [-0.2, 0) is 5.41 Å². The van der Waals surface area contributed by atoms with Crippen molar-refractivity contribution in [3.8, 4) is 67.0 Å². The maximum atomic E-state index is 5.22. The molecule has 6 aromatic carbocycles. The minimum atomic E-state index is 0.201. The van der Waals surface area contributed by atoms with Crippen molar-refractivity contribution < 1.29 is 0 Å². The van der Waals surface area contributed by atoms with Crippen molar-refractivity contribution in [2.24, 2.45) is 0 Å². The van der Waals surface area contributed by atoms with Crippen molar-refractivity contribution in [2.45, 2.75) is 44.4 Å². The van der Waals surface area contributed by atoms with E-state index in [0.29, 0.717) is 0 Å². The Morgan fingerprint density at radius 2 is 0.959 bits per heavy atom. The van der Waals surface area contributed by atoms with Gasteiger partial charge in [-0.25, -0.2) is 4.98 Å². The Morgan fingerprint density at radius 3 is 1.73 bits per heavy atom. The van der Waals surface area contributed by atoms with E-state index in [1.165, 1.54) is 82.2 Å². The van der Waals surface area contributed by atoms with Gasteiger partial charge in [-0.1, -0.05) is 159 Å². The lowest BCUT2D eigenvalue weighted by Crippen LogP contribution is -2.27. The largest absolute Gasteiger partial charge is 0.248 e. The van der Waals surface area contributed by atoms with Gasteiger partial charge < -0.3 is 0 Å². The Kier molecular flexibility index (Phi) is 7.35. The summed E-state index contributed by atoms with van der Waals surface area (Å²) in [5, 5.41) is 0. The van der Waals surface area contributed by atoms with Crippen molar-refractivity contribution in [2.75, 3.05) is 0 Å². The fraction of sp³-hybridized carbons (Fsp3) is 0.146. The second kappa shape index (κ2) is 12.2. The number of aromatic nitrogens is 1. The molecule has 0 N–H and O–H groups in total. The Balaban J connectivity index is 1.08. The van der Waals surface area contributed by atoms with Crippen LogP contribution < -0.4 is 0 Å². The number of hydrogen-bond donors (Lipinski definition) is 0. The predicted molar refractivity (Wildman–Crippen MR) is 205 cm³/mol. The van der Waals surface area contributed by atoms with Crippen LogP contribution in [-0.4, -0.2) is 4.98 Å². The molecule has 0 bridgehead atoms. The van der Waals surface area contributed by atoms with Gasteiger partial charge in [-0.05, 0) is 99.2 Å². The molecule has 1 aromatic heterocycles. The Morgan fingerprint density at radius 1 is 0.388 bits per heavy atom. The normalized spacial score (nSPS) is 14.4. The van der Waals surface area contributed by atoms with Crippen LogP contribution in [0.4, 0.5) is 0 Å². The highest BCUT2D eigenvalue weighted by atomic mass is 14.7. The van der Waals surface area contributed by atoms with Crippen molar-refractivity contribution >= 4 is 0 Å². The number of rotatable bonds is 5. The monoisotopic (exact) mass is 629 g/mol. The molecular formula is C48H39N. The maximum Gasteiger partial charge on any atom is 0.0718 e. The van der Waals surface area contributed by atoms with E-state index in [4.69, 9.17) is 4.98 Å². The van der Waals surface area contributed by atoms with Gasteiger partial charge in [-0.3, -0.25) is 0 Å². The van der Waals surface area contributed by atoms with E-state index in [1.54, 1.807) is 11.1 Å². The van der Waals surface area contributed by atoms with E-state index in [0.717, 1.165) is 22.5 Å². The topological polar surface area (TPSA) is 12.9 Å². The lowest BCUT2D eigenvalue weighted by molar-refractivity contribution is 0.353. The predicted octanol–water partition coefficient (Wildman–Crippen LogP) is 13.0. The molecule has 1 heterocycles. The van der Waals surface area contributed by atoms with Crippen LogP contribution in [0.15, 0.2) is 158 Å². The SMILES string of the molecule is Cc1c(-c2ccc(-c3ccc4c(c3)-c3ccccc3C43CCCCC3)cc2)cccc1-c1cc(-c2ccccc2)cc(-c2ccccc2)n1. The Bertz CT molecular complexity index is 2230. The van der Waals surface area contributed by atoms with Gasteiger partial charge in [0.05, 0.1) is 11.4 Å². The summed E-state index contributed by atoms with van der Waals surface area (Å²) in [6.07, 6.45) is 6.53. The van der Waals surface area contributed by atoms with Gasteiger partial charge in [0.1, 0.15) is 0 Å². The number of pyridine rings is 1. The molecule has 2 aliphatic rings. The van der Waals surface area contributed by atoms with Gasteiger partial charge in [0.2, 0.25) is 0 Å². The van der Waals surface area contributed by atoms with E-state index in [-0.39, 0.29) is 5.41 Å². The molecule has 236 valence electrons. The average Bonchev–Trinajstić information content (AvgIpc) is 3.44. The summed E-state index contributed by atoms with van der Waals surface area (Å²) >= 11 is 0. The van der Waals surface area contributed by atoms with Crippen molar-refractivity contribution in [3.63, 3.8) is 0 Å². The maximum absolute atomic E-state index is 5.22. The number of benzene rings is 6. The van der Waals surface area contributed by atoms with E-state index in [2.05, 4.69) is 165 Å². The third-order valence-electron chi connectivity index (χ3n) is 11.1. The van der Waals surface area contributed by atoms with Gasteiger partial charge in [-0.15, -0.1) is 0 Å². The highest BCUT2D eigenvalue weighted by molar-refractivity contribution is 5.86. The number of fused-ring (bicyclic) bond motifs is 5. The van der Waals surface area contributed by atoms with Crippen LogP contribution in [0, 0.1) is 6.92 Å². The molecule has 1 spiro atoms. The lowest BCUT2D eigenvalue weighted by Gasteiger charge is -2.36. The first kappa shape index (κ1) is 29.6. The molecule has 1 saturated carbocycles. The van der Waals surface area contributed by atoms with E-state index < -0.39 is 0 Å². The zero-order valence-corrected chi connectivity index (χ0v) is 28.0. The molecule has 1 heteroatoms. The van der Waals surface area contributed by atoms with E-state index in [1.807, 2.05) is 0 Å². The molecule has 0 aliphatic heterocycles. The quantitative estimate of drug-likeness (QED) is 0.185. The molecule has 0 saturated heterocycles. The highest BCUT2D eigenvalue weighted by Crippen LogP contribution is 2.56. The zero-order valence-electron chi connectivity index (χ0n) is 28.0. The van der Waals surface area contributed by atoms with Crippen LogP contribution in [0.25, 0.3) is 67.0 Å². The van der Waals surface area contributed by atoms with Crippen molar-refractivity contribution in [1.29, 1.82) is 0 Å². The van der Waals surface area contributed by atoms with Gasteiger partial charge in [0.15, 0.2) is 0 Å². The minimum Gasteiger partial charge on any atom is -0.248 e. The second-order valence-corrected chi connectivity index (χ2v) is 13.9. The fourth-order valence-electron chi connectivity index (χ4n) is 8.63. The molecule has 0 amide bonds. The van der Waals surface area contributed by atoms with Gasteiger partial charge in [-0.2, -0.15) is 0 Å². The van der Waals surface area contributed by atoms with E-state index in [9.17, 15) is 0 Å². The summed E-state index contributed by atoms with van der Waals surface area (Å²) in [6.45, 7) is 2.23. The molecular weight excluding hydrogens is 591 g/mol. The van der Waals surface area contributed by atoms with Crippen molar-refractivity contribution in [3.05, 3.63) is 174 Å². The molecule has 7 aromatic rings. The first-order valence-electron chi connectivity index (χ1n) is 17.8. The summed E-state index contributed by atoms with van der Waals surface area (Å²) in [5.74, 6) is 0. The molecule has 0 radical (unpaired) electrons. The second-order valence-electron chi connectivity index (χ2n) is 13.9. The molecule has 2 aliphatic carbocycles. The van der Waals surface area contributed by atoms with Crippen molar-refractivity contribution in [1.82, 2.24) is 4.98 Å². The lowest BCUT2D eigenvalue weighted by atomic mass is 9.68. The van der Waals surface area contributed by atoms with Gasteiger partial charge in [0, 0.05) is 16.5 Å². The zero-order chi connectivity index (χ0) is 32.8. The Labute approximate surface area is 290 Å². The Hall–Kier alpha value is -5.53. The van der Waals surface area contributed by atoms with Crippen LogP contribution in [0.2, 0.25) is 0 Å². The first-order chi connectivity index (χ1) is 24.2. The standard InChI is InChI=1S/C48H39N/c1-33-40(19-13-20-41(33)47-32-39(34-14-5-2-6-15-34)31-46(49-47)37-16-7-3-8-17-37)36-24-22-35(23-25-36)38-26-27-45-43(30-38)42-18-9-10-21-44(42)48(45)28-11-4-12-29-48/h2-3,5-10,13-27,30-32H,4,11-12,28-29H2,1H3. The van der Waals surface area contributed by atoms with Crippen LogP contribution >= 0.6 is 0 Å². The summed E-state index contributed by atoms with van der Waals surface area (Å²) in [6, 6.07) is 57.7. The highest BCUT2D eigenvalue weighted by Gasteiger charge is 2.43. The third-order valence-corrected chi connectivity index (χ3v) is 11.1. The van der Waals surface area contributed by atoms with Gasteiger partial charge in [0.25, 0.3) is 0 Å². The van der Waals surface area contributed by atoms with Crippen LogP contribution in [0.5, 0.6) is 0 Å². The van der Waals surface area contributed by atoms with Crippen LogP contribution in [0.1, 0.15) is 48.8 Å². The molecule has 9 rings (SSSR count). The number of nitrogens with zero attached hydrogens (tertiary/aromatic N) is 1. The van der Waals surface area contributed by atoms with Crippen LogP contribution in [0.3, 0.4) is 0 Å². The minimum absolute atomic E-state index is 0.201. The third kappa shape index (κ3) is 5.13. The average molecular weight is 630 g/mol. The molecule has 49 heavy (non-hydrogen) atoms. The smallest absolute Gasteiger partial charge is 0.0718 e. The molecule has 1 fully saturated rings. The molecule has 1 nitrogen and oxygen atoms in total. The first-order valence-corrected chi connectivity index (χ1v) is 17.8. The molecule has 0 unspecified atom stereocenters. The summed E-state index contributed by atoms with van der Waals surface area (Å²) in [4.78, 5) is 5.22. The fourth-order valence-corrected chi connectivity index (χ4v) is 8.63. The van der Waals surface area contributed by atoms with Gasteiger partial charge >= 0.3 is 0 Å². The number of hydrogen-bond acceptors (Lipinski definition) is 1. The summed E-state index contributed by atoms with van der Waals surface area (Å²) < 4.78 is 0. The summed E-state index contributed by atoms with van der Waals surface area (Å²) in [5.41, 5.74) is 19.0. The van der Waals surface area contributed by atoms with E-state index >= 15 is 0 Å².